The first-order chi connectivity index (χ1) is 22.5. The van der Waals surface area contributed by atoms with Crippen LogP contribution in [0.3, 0.4) is 0 Å². The van der Waals surface area contributed by atoms with Crippen LogP contribution in [0.4, 0.5) is 0 Å². The van der Waals surface area contributed by atoms with Crippen LogP contribution in [0.15, 0.2) is 0 Å². The van der Waals surface area contributed by atoms with Crippen molar-refractivity contribution in [2.24, 2.45) is 0 Å². The van der Waals surface area contributed by atoms with Crippen LogP contribution in [-0.4, -0.2) is 76.0 Å². The Labute approximate surface area is 287 Å². The molecule has 1 amide bonds. The van der Waals surface area contributed by atoms with Gasteiger partial charge >= 0.3 is 0 Å². The SMILES string of the molecule is CCCCCCCCOC(C)OCCCCCCN(CCCCCCNC(=O)CC)CCCCCCOC(C)OCCCCCC. The first kappa shape index (κ1) is 45.3. The van der Waals surface area contributed by atoms with Crippen LogP contribution in [0.2, 0.25) is 0 Å². The number of nitrogens with zero attached hydrogens (tertiary/aromatic N) is 1. The van der Waals surface area contributed by atoms with Crippen LogP contribution in [0.1, 0.15) is 182 Å². The lowest BCUT2D eigenvalue weighted by Crippen LogP contribution is -2.27. The highest BCUT2D eigenvalue weighted by Gasteiger charge is 2.07. The number of nitrogens with one attached hydrogen (secondary N) is 1. The fraction of sp³-hybridized carbons (Fsp3) is 0.974. The van der Waals surface area contributed by atoms with Gasteiger partial charge in [-0.3, -0.25) is 4.79 Å². The Morgan fingerprint density at radius 1 is 0.478 bits per heavy atom. The number of ether oxygens (including phenoxy) is 4. The van der Waals surface area contributed by atoms with Crippen LogP contribution in [0.5, 0.6) is 0 Å². The number of amides is 1. The minimum absolute atomic E-state index is 0.0850. The van der Waals surface area contributed by atoms with Gasteiger partial charge in [-0.1, -0.05) is 111 Å². The van der Waals surface area contributed by atoms with Gasteiger partial charge in [-0.15, -0.1) is 0 Å². The fourth-order valence-corrected chi connectivity index (χ4v) is 5.59. The summed E-state index contributed by atoms with van der Waals surface area (Å²) >= 11 is 0. The minimum atomic E-state index is -0.0855. The normalized spacial score (nSPS) is 13.0. The Balaban J connectivity index is 4.05. The number of hydrogen-bond acceptors (Lipinski definition) is 6. The van der Waals surface area contributed by atoms with E-state index in [-0.39, 0.29) is 18.5 Å². The van der Waals surface area contributed by atoms with E-state index < -0.39 is 0 Å². The predicted molar refractivity (Wildman–Crippen MR) is 195 cm³/mol. The number of hydrogen-bond donors (Lipinski definition) is 1. The van der Waals surface area contributed by atoms with E-state index in [0.29, 0.717) is 6.42 Å². The van der Waals surface area contributed by atoms with Crippen molar-refractivity contribution >= 4 is 5.91 Å². The molecule has 0 saturated carbocycles. The van der Waals surface area contributed by atoms with Gasteiger partial charge in [0.25, 0.3) is 0 Å². The summed E-state index contributed by atoms with van der Waals surface area (Å²) in [5, 5.41) is 2.99. The van der Waals surface area contributed by atoms with Gasteiger partial charge in [0.1, 0.15) is 0 Å². The summed E-state index contributed by atoms with van der Waals surface area (Å²) in [6.45, 7) is 18.1. The van der Waals surface area contributed by atoms with Gasteiger partial charge in [-0.2, -0.15) is 0 Å². The zero-order chi connectivity index (χ0) is 33.8. The molecular formula is C39H80N2O5. The Kier molecular flexibility index (Phi) is 36.5. The fourth-order valence-electron chi connectivity index (χ4n) is 5.59. The second kappa shape index (κ2) is 37.1. The average Bonchev–Trinajstić information content (AvgIpc) is 3.05. The molecule has 0 spiro atoms. The van der Waals surface area contributed by atoms with Gasteiger partial charge in [-0.05, 0) is 84.8 Å². The van der Waals surface area contributed by atoms with Gasteiger partial charge in [0.15, 0.2) is 12.6 Å². The summed E-state index contributed by atoms with van der Waals surface area (Å²) < 4.78 is 23.4. The van der Waals surface area contributed by atoms with E-state index in [1.165, 1.54) is 129 Å². The molecule has 0 aromatic carbocycles. The summed E-state index contributed by atoms with van der Waals surface area (Å²) in [4.78, 5) is 14.1. The molecule has 0 aliphatic rings. The molecule has 0 radical (unpaired) electrons. The standard InChI is InChI=1S/C39H80N2O5/c1-6-9-11-13-18-26-34-44-38(5)46-36-28-20-17-24-32-41(30-22-15-14-21-29-40-39(42)8-3)31-23-16-19-27-35-45-37(4)43-33-25-12-10-7-2/h37-38H,6-36H2,1-5H3,(H,40,42). The lowest BCUT2D eigenvalue weighted by atomic mass is 10.1. The molecule has 1 N–H and O–H groups in total. The molecule has 0 saturated heterocycles. The first-order valence-corrected chi connectivity index (χ1v) is 20.0. The molecule has 0 aromatic heterocycles. The zero-order valence-corrected chi connectivity index (χ0v) is 31.6. The van der Waals surface area contributed by atoms with Crippen molar-refractivity contribution in [2.45, 2.75) is 195 Å². The highest BCUT2D eigenvalue weighted by atomic mass is 16.7. The third kappa shape index (κ3) is 34.6. The number of carbonyl (C=O) groups excluding carboxylic acids is 1. The lowest BCUT2D eigenvalue weighted by Gasteiger charge is -2.22. The summed E-state index contributed by atoms with van der Waals surface area (Å²) in [6.07, 6.45) is 27.6. The molecule has 7 nitrogen and oxygen atoms in total. The topological polar surface area (TPSA) is 69.3 Å². The Morgan fingerprint density at radius 2 is 0.804 bits per heavy atom. The molecule has 2 atom stereocenters. The highest BCUT2D eigenvalue weighted by Crippen LogP contribution is 2.11. The third-order valence-electron chi connectivity index (χ3n) is 8.69. The molecule has 0 aromatic rings. The van der Waals surface area contributed by atoms with E-state index in [0.717, 1.165) is 65.1 Å². The Bertz CT molecular complexity index is 609. The Morgan fingerprint density at radius 3 is 1.20 bits per heavy atom. The van der Waals surface area contributed by atoms with E-state index in [2.05, 4.69) is 24.1 Å². The monoisotopic (exact) mass is 657 g/mol. The van der Waals surface area contributed by atoms with Gasteiger partial charge < -0.3 is 29.2 Å². The maximum absolute atomic E-state index is 11.4. The smallest absolute Gasteiger partial charge is 0.219 e. The maximum atomic E-state index is 11.4. The highest BCUT2D eigenvalue weighted by molar-refractivity contribution is 5.75. The molecule has 0 heterocycles. The maximum Gasteiger partial charge on any atom is 0.219 e. The van der Waals surface area contributed by atoms with E-state index >= 15 is 0 Å². The summed E-state index contributed by atoms with van der Waals surface area (Å²) in [5.74, 6) is 0.163. The van der Waals surface area contributed by atoms with Crippen LogP contribution in [0, 0.1) is 0 Å². The summed E-state index contributed by atoms with van der Waals surface area (Å²) in [6, 6.07) is 0. The lowest BCUT2D eigenvalue weighted by molar-refractivity contribution is -0.132. The van der Waals surface area contributed by atoms with Crippen LogP contribution < -0.4 is 5.32 Å². The first-order valence-electron chi connectivity index (χ1n) is 20.0. The molecule has 0 aliphatic heterocycles. The van der Waals surface area contributed by atoms with Gasteiger partial charge in [0.05, 0.1) is 0 Å². The molecule has 276 valence electrons. The largest absolute Gasteiger partial charge is 0.356 e. The molecule has 46 heavy (non-hydrogen) atoms. The number of rotatable bonds is 38. The van der Waals surface area contributed by atoms with Crippen molar-refractivity contribution in [2.75, 3.05) is 52.6 Å². The zero-order valence-electron chi connectivity index (χ0n) is 31.6. The van der Waals surface area contributed by atoms with Crippen LogP contribution in [-0.2, 0) is 23.7 Å². The molecule has 7 heteroatoms. The minimum Gasteiger partial charge on any atom is -0.356 e. The van der Waals surface area contributed by atoms with Crippen molar-refractivity contribution in [1.82, 2.24) is 10.2 Å². The van der Waals surface area contributed by atoms with Crippen LogP contribution in [0.25, 0.3) is 0 Å². The second-order valence-electron chi connectivity index (χ2n) is 13.2. The van der Waals surface area contributed by atoms with E-state index in [9.17, 15) is 4.79 Å². The number of unbranched alkanes of at least 4 members (excludes halogenated alkanes) is 17. The average molecular weight is 657 g/mol. The number of carbonyl (C=O) groups is 1. The predicted octanol–water partition coefficient (Wildman–Crippen LogP) is 10.2. The molecule has 0 fully saturated rings. The molecular weight excluding hydrogens is 576 g/mol. The van der Waals surface area contributed by atoms with Gasteiger partial charge in [0.2, 0.25) is 5.91 Å². The molecule has 0 bridgehead atoms. The van der Waals surface area contributed by atoms with Gasteiger partial charge in [0, 0.05) is 39.4 Å². The summed E-state index contributed by atoms with van der Waals surface area (Å²) in [7, 11) is 0. The van der Waals surface area contributed by atoms with Crippen molar-refractivity contribution in [3.63, 3.8) is 0 Å². The van der Waals surface area contributed by atoms with E-state index in [1.807, 2.05) is 20.8 Å². The molecule has 0 rings (SSSR count). The van der Waals surface area contributed by atoms with Crippen molar-refractivity contribution < 1.29 is 23.7 Å². The van der Waals surface area contributed by atoms with Crippen LogP contribution >= 0.6 is 0 Å². The second-order valence-corrected chi connectivity index (χ2v) is 13.2. The third-order valence-corrected chi connectivity index (χ3v) is 8.69. The van der Waals surface area contributed by atoms with Gasteiger partial charge in [-0.25, -0.2) is 0 Å². The van der Waals surface area contributed by atoms with Crippen molar-refractivity contribution in [3.8, 4) is 0 Å². The quantitative estimate of drug-likeness (QED) is 0.0527. The van der Waals surface area contributed by atoms with E-state index in [1.54, 1.807) is 0 Å². The molecule has 0 aliphatic carbocycles. The summed E-state index contributed by atoms with van der Waals surface area (Å²) in [5.41, 5.74) is 0. The molecule has 2 unspecified atom stereocenters. The van der Waals surface area contributed by atoms with Crippen molar-refractivity contribution in [1.29, 1.82) is 0 Å². The van der Waals surface area contributed by atoms with Crippen molar-refractivity contribution in [3.05, 3.63) is 0 Å². The van der Waals surface area contributed by atoms with E-state index in [4.69, 9.17) is 18.9 Å². The Hall–Kier alpha value is -0.730.